The van der Waals surface area contributed by atoms with E-state index >= 15 is 0 Å². The Hall–Kier alpha value is -1.28. The molecule has 0 fully saturated rings. The lowest BCUT2D eigenvalue weighted by Crippen LogP contribution is -2.49. The summed E-state index contributed by atoms with van der Waals surface area (Å²) in [5, 5.41) is 10.9. The van der Waals surface area contributed by atoms with Crippen LogP contribution in [0.4, 0.5) is 0 Å². The van der Waals surface area contributed by atoms with Crippen LogP contribution in [0, 0.1) is 0 Å². The first kappa shape index (κ1) is 15.7. The summed E-state index contributed by atoms with van der Waals surface area (Å²) >= 11 is 1.53. The van der Waals surface area contributed by atoms with Crippen molar-refractivity contribution in [1.29, 1.82) is 0 Å². The third-order valence-electron chi connectivity index (χ3n) is 1.99. The van der Waals surface area contributed by atoms with Gasteiger partial charge >= 0.3 is 5.97 Å². The van der Waals surface area contributed by atoms with Crippen LogP contribution in [0.2, 0.25) is 0 Å². The highest BCUT2D eigenvalue weighted by atomic mass is 32.2. The summed E-state index contributed by atoms with van der Waals surface area (Å²) in [7, 11) is 0. The number of nitrogens with two attached hydrogens (primary N) is 2. The largest absolute Gasteiger partial charge is 0.480 e. The standard InChI is InChI=1S/C9H17N3O4S/c1-17-3-2-5(10)8(14)12-6(9(15)16)4-7(11)13/h5-6H,2-4,10H2,1H3,(H2,11,13)(H,12,14)(H,15,16)/t5-,6+/m1/s1. The molecular weight excluding hydrogens is 246 g/mol. The quantitative estimate of drug-likeness (QED) is 0.421. The fourth-order valence-electron chi connectivity index (χ4n) is 1.06. The van der Waals surface area contributed by atoms with Gasteiger partial charge in [0.05, 0.1) is 12.5 Å². The van der Waals surface area contributed by atoms with Crippen LogP contribution in [-0.2, 0) is 14.4 Å². The van der Waals surface area contributed by atoms with Crippen LogP contribution >= 0.6 is 11.8 Å². The molecule has 0 aromatic heterocycles. The molecular formula is C9H17N3O4S. The van der Waals surface area contributed by atoms with Crippen molar-refractivity contribution in [1.82, 2.24) is 5.32 Å². The number of thioether (sulfide) groups is 1. The maximum absolute atomic E-state index is 11.5. The van der Waals surface area contributed by atoms with Gasteiger partial charge in [0.2, 0.25) is 11.8 Å². The van der Waals surface area contributed by atoms with E-state index < -0.39 is 36.3 Å². The molecule has 0 spiro atoms. The molecule has 6 N–H and O–H groups in total. The fourth-order valence-corrected chi connectivity index (χ4v) is 1.55. The Bertz CT molecular complexity index is 298. The normalized spacial score (nSPS) is 13.8. The maximum atomic E-state index is 11.5. The second kappa shape index (κ2) is 7.91. The molecule has 0 heterocycles. The van der Waals surface area contributed by atoms with Gasteiger partial charge in [-0.15, -0.1) is 0 Å². The molecule has 0 aliphatic heterocycles. The zero-order chi connectivity index (χ0) is 13.4. The van der Waals surface area contributed by atoms with Crippen LogP contribution in [0.5, 0.6) is 0 Å². The van der Waals surface area contributed by atoms with Crippen molar-refractivity contribution in [2.75, 3.05) is 12.0 Å². The smallest absolute Gasteiger partial charge is 0.326 e. The second-order valence-electron chi connectivity index (χ2n) is 3.46. The maximum Gasteiger partial charge on any atom is 0.326 e. The molecule has 0 aliphatic carbocycles. The minimum Gasteiger partial charge on any atom is -0.480 e. The Morgan fingerprint density at radius 3 is 2.41 bits per heavy atom. The highest BCUT2D eigenvalue weighted by Crippen LogP contribution is 2.00. The summed E-state index contributed by atoms with van der Waals surface area (Å²) < 4.78 is 0. The molecule has 2 amide bonds. The third-order valence-corrected chi connectivity index (χ3v) is 2.63. The van der Waals surface area contributed by atoms with Gasteiger partial charge in [-0.2, -0.15) is 11.8 Å². The van der Waals surface area contributed by atoms with Crippen molar-refractivity contribution in [3.8, 4) is 0 Å². The predicted octanol–water partition coefficient (Wildman–Crippen LogP) is -1.49. The molecule has 17 heavy (non-hydrogen) atoms. The van der Waals surface area contributed by atoms with Gasteiger partial charge in [-0.1, -0.05) is 0 Å². The summed E-state index contributed by atoms with van der Waals surface area (Å²) in [5.74, 6) is -2.00. The lowest BCUT2D eigenvalue weighted by atomic mass is 10.1. The minimum absolute atomic E-state index is 0.440. The number of carboxylic acids is 1. The van der Waals surface area contributed by atoms with E-state index in [0.29, 0.717) is 12.2 Å². The van der Waals surface area contributed by atoms with Crippen molar-refractivity contribution in [3.63, 3.8) is 0 Å². The molecule has 0 bridgehead atoms. The summed E-state index contributed by atoms with van der Waals surface area (Å²) in [6, 6.07) is -2.10. The van der Waals surface area contributed by atoms with E-state index in [9.17, 15) is 14.4 Å². The molecule has 0 rings (SSSR count). The van der Waals surface area contributed by atoms with Crippen LogP contribution in [-0.4, -0.2) is 47.0 Å². The molecule has 2 atom stereocenters. The topological polar surface area (TPSA) is 136 Å². The Kier molecular flexibility index (Phi) is 7.31. The molecule has 0 radical (unpaired) electrons. The highest BCUT2D eigenvalue weighted by molar-refractivity contribution is 7.98. The molecule has 0 saturated carbocycles. The number of nitrogens with one attached hydrogen (secondary N) is 1. The van der Waals surface area contributed by atoms with Crippen molar-refractivity contribution in [3.05, 3.63) is 0 Å². The molecule has 0 aliphatic rings. The predicted molar refractivity (Wildman–Crippen MR) is 64.4 cm³/mol. The van der Waals surface area contributed by atoms with Crippen LogP contribution < -0.4 is 16.8 Å². The molecule has 8 heteroatoms. The first-order valence-corrected chi connectivity index (χ1v) is 6.33. The number of rotatable bonds is 8. The number of carbonyl (C=O) groups is 3. The molecule has 98 valence electrons. The first-order valence-electron chi connectivity index (χ1n) is 4.94. The minimum atomic E-state index is -1.32. The molecule has 7 nitrogen and oxygen atoms in total. The van der Waals surface area contributed by atoms with Crippen molar-refractivity contribution >= 4 is 29.5 Å². The summed E-state index contributed by atoms with van der Waals surface area (Å²) in [6.45, 7) is 0. The van der Waals surface area contributed by atoms with E-state index in [1.807, 2.05) is 6.26 Å². The Morgan fingerprint density at radius 2 is 2.00 bits per heavy atom. The number of hydrogen-bond donors (Lipinski definition) is 4. The van der Waals surface area contributed by atoms with Crippen LogP contribution in [0.1, 0.15) is 12.8 Å². The van der Waals surface area contributed by atoms with E-state index in [-0.39, 0.29) is 0 Å². The lowest BCUT2D eigenvalue weighted by molar-refractivity contribution is -0.143. The summed E-state index contributed by atoms with van der Waals surface area (Å²) in [4.78, 5) is 32.8. The molecule has 0 aromatic carbocycles. The molecule has 0 aromatic rings. The van der Waals surface area contributed by atoms with E-state index in [0.717, 1.165) is 0 Å². The number of carbonyl (C=O) groups excluding carboxylic acids is 2. The van der Waals surface area contributed by atoms with Crippen LogP contribution in [0.3, 0.4) is 0 Å². The monoisotopic (exact) mass is 263 g/mol. The van der Waals surface area contributed by atoms with Gasteiger partial charge in [0, 0.05) is 0 Å². The fraction of sp³-hybridized carbons (Fsp3) is 0.667. The van der Waals surface area contributed by atoms with E-state index in [2.05, 4.69) is 5.32 Å². The van der Waals surface area contributed by atoms with E-state index in [1.54, 1.807) is 0 Å². The van der Waals surface area contributed by atoms with Crippen molar-refractivity contribution in [2.24, 2.45) is 11.5 Å². The van der Waals surface area contributed by atoms with Crippen molar-refractivity contribution < 1.29 is 19.5 Å². The average molecular weight is 263 g/mol. The average Bonchev–Trinajstić information content (AvgIpc) is 2.23. The summed E-state index contributed by atoms with van der Waals surface area (Å²) in [6.07, 6.45) is 1.87. The van der Waals surface area contributed by atoms with Gasteiger partial charge < -0.3 is 21.9 Å². The number of primary amides is 1. The second-order valence-corrected chi connectivity index (χ2v) is 4.44. The SMILES string of the molecule is CSCC[C@@H](N)C(=O)N[C@@H](CC(N)=O)C(=O)O. The number of amides is 2. The van der Waals surface area contributed by atoms with E-state index in [1.165, 1.54) is 11.8 Å². The highest BCUT2D eigenvalue weighted by Gasteiger charge is 2.24. The molecule has 0 unspecified atom stereocenters. The number of aliphatic carboxylic acids is 1. The van der Waals surface area contributed by atoms with Gasteiger partial charge in [0.1, 0.15) is 6.04 Å². The number of carboxylic acid groups (broad SMARTS) is 1. The van der Waals surface area contributed by atoms with Gasteiger partial charge in [-0.3, -0.25) is 9.59 Å². The lowest BCUT2D eigenvalue weighted by Gasteiger charge is -2.16. The molecule has 0 saturated heterocycles. The van der Waals surface area contributed by atoms with Gasteiger partial charge in [-0.25, -0.2) is 4.79 Å². The summed E-state index contributed by atoms with van der Waals surface area (Å²) in [5.41, 5.74) is 10.4. The Morgan fingerprint density at radius 1 is 1.41 bits per heavy atom. The number of hydrogen-bond acceptors (Lipinski definition) is 5. The van der Waals surface area contributed by atoms with Gasteiger partial charge in [-0.05, 0) is 18.4 Å². The van der Waals surface area contributed by atoms with Gasteiger partial charge in [0.15, 0.2) is 0 Å². The Balaban J connectivity index is 4.29. The Labute approximate surface area is 103 Å². The zero-order valence-corrected chi connectivity index (χ0v) is 10.3. The third kappa shape index (κ3) is 6.80. The van der Waals surface area contributed by atoms with Crippen molar-refractivity contribution in [2.45, 2.75) is 24.9 Å². The van der Waals surface area contributed by atoms with Crippen LogP contribution in [0.15, 0.2) is 0 Å². The zero-order valence-electron chi connectivity index (χ0n) is 9.51. The first-order chi connectivity index (χ1) is 7.88. The van der Waals surface area contributed by atoms with Gasteiger partial charge in [0.25, 0.3) is 0 Å². The van der Waals surface area contributed by atoms with Crippen LogP contribution in [0.25, 0.3) is 0 Å². The van der Waals surface area contributed by atoms with E-state index in [4.69, 9.17) is 16.6 Å².